The van der Waals surface area contributed by atoms with Gasteiger partial charge in [-0.15, -0.1) is 11.8 Å². The number of carbonyl (C=O) groups excluding carboxylic acids is 2. The number of methoxy groups -OCH3 is 3. The minimum absolute atomic E-state index is 0.00854. The Morgan fingerprint density at radius 3 is 2.69 bits per heavy atom. The van der Waals surface area contributed by atoms with Gasteiger partial charge in [0.15, 0.2) is 0 Å². The van der Waals surface area contributed by atoms with Crippen molar-refractivity contribution in [3.05, 3.63) is 23.8 Å². The second-order valence-corrected chi connectivity index (χ2v) is 6.93. The lowest BCUT2D eigenvalue weighted by molar-refractivity contribution is -0.140. The van der Waals surface area contributed by atoms with Gasteiger partial charge in [-0.25, -0.2) is 0 Å². The molecule has 0 spiro atoms. The molecule has 158 valence electrons. The van der Waals surface area contributed by atoms with Crippen LogP contribution < -0.4 is 9.47 Å². The van der Waals surface area contributed by atoms with Gasteiger partial charge >= 0.3 is 5.97 Å². The molecule has 1 fully saturated rings. The summed E-state index contributed by atoms with van der Waals surface area (Å²) in [5, 5.41) is 9.72. The van der Waals surface area contributed by atoms with Gasteiger partial charge in [-0.3, -0.25) is 9.59 Å². The summed E-state index contributed by atoms with van der Waals surface area (Å²) in [6.45, 7) is 0.835. The summed E-state index contributed by atoms with van der Waals surface area (Å²) in [5.74, 6) is 6.67. The van der Waals surface area contributed by atoms with Gasteiger partial charge in [0.2, 0.25) is 5.91 Å². The van der Waals surface area contributed by atoms with Crippen LogP contribution in [0.1, 0.15) is 31.2 Å². The van der Waals surface area contributed by atoms with E-state index in [0.29, 0.717) is 50.3 Å². The predicted octanol–water partition coefficient (Wildman–Crippen LogP) is 2.01. The number of amides is 1. The Morgan fingerprint density at radius 2 is 2.03 bits per heavy atom. The summed E-state index contributed by atoms with van der Waals surface area (Å²) in [7, 11) is 4.53. The van der Waals surface area contributed by atoms with Crippen LogP contribution in [-0.4, -0.2) is 56.4 Å². The van der Waals surface area contributed by atoms with E-state index in [-0.39, 0.29) is 30.3 Å². The van der Waals surface area contributed by atoms with Gasteiger partial charge in [0.1, 0.15) is 11.5 Å². The van der Waals surface area contributed by atoms with E-state index in [2.05, 4.69) is 16.6 Å². The van der Waals surface area contributed by atoms with Crippen LogP contribution in [0.2, 0.25) is 0 Å². The Labute approximate surface area is 171 Å². The fraction of sp³-hybridized carbons (Fsp3) is 0.545. The van der Waals surface area contributed by atoms with Gasteiger partial charge in [-0.1, -0.05) is 0 Å². The van der Waals surface area contributed by atoms with E-state index in [4.69, 9.17) is 9.47 Å². The number of rotatable bonds is 9. The van der Waals surface area contributed by atoms with Gasteiger partial charge in [0, 0.05) is 56.5 Å². The molecule has 1 heterocycles. The molecule has 0 bridgehead atoms. The molecule has 1 aliphatic heterocycles. The summed E-state index contributed by atoms with van der Waals surface area (Å²) in [6, 6.07) is 5.50. The quantitative estimate of drug-likeness (QED) is 0.386. The largest absolute Gasteiger partial charge is 0.497 e. The number of esters is 1. The molecule has 1 saturated heterocycles. The lowest BCUT2D eigenvalue weighted by Crippen LogP contribution is -2.27. The first-order valence-electron chi connectivity index (χ1n) is 9.67. The molecular weight excluding hydrogens is 374 g/mol. The molecule has 7 heteroatoms. The Hall–Kier alpha value is -2.72. The third-order valence-electron chi connectivity index (χ3n) is 5.10. The number of hydrogen-bond donors (Lipinski definition) is 1. The van der Waals surface area contributed by atoms with Crippen molar-refractivity contribution in [3.8, 4) is 23.3 Å². The van der Waals surface area contributed by atoms with Crippen LogP contribution in [0.25, 0.3) is 0 Å². The van der Waals surface area contributed by atoms with Gasteiger partial charge in [-0.05, 0) is 18.6 Å². The van der Waals surface area contributed by atoms with Crippen LogP contribution in [0.4, 0.5) is 0 Å². The van der Waals surface area contributed by atoms with Crippen LogP contribution in [0.3, 0.4) is 0 Å². The number of ether oxygens (including phenoxy) is 3. The van der Waals surface area contributed by atoms with Crippen molar-refractivity contribution in [1.29, 1.82) is 0 Å². The Kier molecular flexibility index (Phi) is 8.81. The van der Waals surface area contributed by atoms with Crippen LogP contribution in [-0.2, 0) is 20.9 Å². The van der Waals surface area contributed by atoms with Gasteiger partial charge in [0.05, 0.1) is 27.2 Å². The van der Waals surface area contributed by atoms with Crippen molar-refractivity contribution in [2.45, 2.75) is 32.2 Å². The average molecular weight is 403 g/mol. The zero-order valence-corrected chi connectivity index (χ0v) is 17.3. The van der Waals surface area contributed by atoms with E-state index in [0.717, 1.165) is 5.56 Å². The van der Waals surface area contributed by atoms with Gasteiger partial charge < -0.3 is 24.2 Å². The Bertz CT molecular complexity index is 766. The van der Waals surface area contributed by atoms with Crippen LogP contribution in [0.5, 0.6) is 11.5 Å². The predicted molar refractivity (Wildman–Crippen MR) is 107 cm³/mol. The van der Waals surface area contributed by atoms with Gasteiger partial charge in [-0.2, -0.15) is 0 Å². The Balaban J connectivity index is 1.96. The molecule has 2 atom stereocenters. The highest BCUT2D eigenvalue weighted by atomic mass is 16.5. The normalized spacial score (nSPS) is 18.2. The summed E-state index contributed by atoms with van der Waals surface area (Å²) in [5.41, 5.74) is 0.882. The number of unbranched alkanes of at least 4 members (excludes halogenated alkanes) is 1. The van der Waals surface area contributed by atoms with E-state index in [1.165, 1.54) is 7.11 Å². The first kappa shape index (κ1) is 22.6. The monoisotopic (exact) mass is 403 g/mol. The molecule has 0 aliphatic carbocycles. The maximum atomic E-state index is 12.9. The zero-order valence-electron chi connectivity index (χ0n) is 17.3. The second kappa shape index (κ2) is 11.3. The van der Waals surface area contributed by atoms with E-state index in [9.17, 15) is 14.7 Å². The summed E-state index contributed by atoms with van der Waals surface area (Å²) in [6.07, 6.45) is 1.94. The third kappa shape index (κ3) is 6.13. The average Bonchev–Trinajstić information content (AvgIpc) is 3.05. The molecule has 1 amide bonds. The number of likely N-dealkylation sites (tertiary alicyclic amines) is 1. The van der Waals surface area contributed by atoms with Crippen molar-refractivity contribution >= 4 is 11.9 Å². The molecule has 1 aromatic rings. The number of hydrogen-bond acceptors (Lipinski definition) is 6. The number of aliphatic hydroxyl groups excluding tert-OH is 1. The maximum absolute atomic E-state index is 12.9. The minimum Gasteiger partial charge on any atom is -0.497 e. The van der Waals surface area contributed by atoms with Crippen molar-refractivity contribution in [3.63, 3.8) is 0 Å². The molecule has 0 aromatic heterocycles. The van der Waals surface area contributed by atoms with Crippen LogP contribution >= 0.6 is 0 Å². The first-order chi connectivity index (χ1) is 14.0. The third-order valence-corrected chi connectivity index (χ3v) is 5.10. The number of aliphatic hydroxyl groups is 1. The highest BCUT2D eigenvalue weighted by Gasteiger charge is 2.39. The van der Waals surface area contributed by atoms with Crippen LogP contribution in [0.15, 0.2) is 18.2 Å². The first-order valence-corrected chi connectivity index (χ1v) is 9.67. The van der Waals surface area contributed by atoms with Crippen molar-refractivity contribution < 1.29 is 28.9 Å². The van der Waals surface area contributed by atoms with E-state index >= 15 is 0 Å². The smallest absolute Gasteiger partial charge is 0.305 e. The standard InChI is InChI=1S/C22H29NO6/c1-27-18-11-10-16(20(12-18)28-2)13-23-14-17(15-24)19(22(23)26)8-6-4-5-7-9-21(25)29-3/h10-12,17,19,24H,5,7-9,13-15H2,1-3H3/t17-,19-/m1/s1. The molecule has 0 unspecified atom stereocenters. The lowest BCUT2D eigenvalue weighted by Gasteiger charge is -2.19. The molecule has 29 heavy (non-hydrogen) atoms. The van der Waals surface area contributed by atoms with Crippen molar-refractivity contribution in [1.82, 2.24) is 4.90 Å². The molecule has 0 radical (unpaired) electrons. The fourth-order valence-electron chi connectivity index (χ4n) is 3.40. The Morgan fingerprint density at radius 1 is 1.24 bits per heavy atom. The fourth-order valence-corrected chi connectivity index (χ4v) is 3.40. The highest BCUT2D eigenvalue weighted by Crippen LogP contribution is 2.31. The summed E-state index contributed by atoms with van der Waals surface area (Å²) >= 11 is 0. The molecule has 0 saturated carbocycles. The summed E-state index contributed by atoms with van der Waals surface area (Å²) in [4.78, 5) is 25.7. The second-order valence-electron chi connectivity index (χ2n) is 6.93. The molecular formula is C22H29NO6. The van der Waals surface area contributed by atoms with E-state index < -0.39 is 0 Å². The molecule has 1 aromatic carbocycles. The van der Waals surface area contributed by atoms with E-state index in [1.54, 1.807) is 25.2 Å². The zero-order chi connectivity index (χ0) is 21.2. The number of carbonyl (C=O) groups is 2. The molecule has 1 N–H and O–H groups in total. The van der Waals surface area contributed by atoms with Crippen molar-refractivity contribution in [2.75, 3.05) is 34.5 Å². The van der Waals surface area contributed by atoms with E-state index in [1.807, 2.05) is 12.1 Å². The topological polar surface area (TPSA) is 85.3 Å². The molecule has 2 rings (SSSR count). The molecule has 7 nitrogen and oxygen atoms in total. The molecule has 1 aliphatic rings. The highest BCUT2D eigenvalue weighted by molar-refractivity contribution is 5.81. The number of nitrogens with zero attached hydrogens (tertiary/aromatic N) is 1. The minimum atomic E-state index is -0.322. The van der Waals surface area contributed by atoms with Crippen LogP contribution in [0, 0.1) is 23.7 Å². The lowest BCUT2D eigenvalue weighted by atomic mass is 9.93. The SMILES string of the molecule is COC(=O)CCCC#CC[C@H]1C(=O)N(Cc2ccc(OC)cc2OC)C[C@@H]1CO. The maximum Gasteiger partial charge on any atom is 0.305 e. The van der Waals surface area contributed by atoms with Gasteiger partial charge in [0.25, 0.3) is 0 Å². The number of benzene rings is 1. The summed E-state index contributed by atoms with van der Waals surface area (Å²) < 4.78 is 15.2. The van der Waals surface area contributed by atoms with Crippen molar-refractivity contribution in [2.24, 2.45) is 11.8 Å².